The maximum Gasteiger partial charge on any atom is 0.325 e. The number of nitrogens with zero attached hydrogens (tertiary/aromatic N) is 1. The van der Waals surface area contributed by atoms with Gasteiger partial charge in [-0.2, -0.15) is 0 Å². The van der Waals surface area contributed by atoms with Crippen LogP contribution in [0.25, 0.3) is 0 Å². The molecule has 0 bridgehead atoms. The molecule has 0 atom stereocenters. The average Bonchev–Trinajstić information content (AvgIpc) is 2.98. The second-order valence-electron chi connectivity index (χ2n) is 4.99. The Labute approximate surface area is 132 Å². The van der Waals surface area contributed by atoms with E-state index < -0.39 is 6.03 Å². The molecule has 0 fully saturated rings. The fourth-order valence-electron chi connectivity index (χ4n) is 1.64. The summed E-state index contributed by atoms with van der Waals surface area (Å²) in [5.74, 6) is 0.872. The summed E-state index contributed by atoms with van der Waals surface area (Å²) < 4.78 is 5.66. The van der Waals surface area contributed by atoms with Crippen molar-refractivity contribution in [2.24, 2.45) is 5.92 Å². The van der Waals surface area contributed by atoms with Gasteiger partial charge in [0.15, 0.2) is 5.13 Å². The monoisotopic (exact) mass is 319 g/mol. The number of aromatic nitrogens is 1. The summed E-state index contributed by atoms with van der Waals surface area (Å²) in [5, 5.41) is 7.55. The highest BCUT2D eigenvalue weighted by Gasteiger charge is 2.11. The van der Waals surface area contributed by atoms with Crippen LogP contribution in [-0.4, -0.2) is 23.9 Å². The lowest BCUT2D eigenvalue weighted by Gasteiger charge is -2.14. The molecular formula is C15H17N3O3S. The zero-order valence-corrected chi connectivity index (χ0v) is 13.1. The van der Waals surface area contributed by atoms with E-state index in [0.29, 0.717) is 34.7 Å². The fourth-order valence-corrected chi connectivity index (χ4v) is 2.16. The quantitative estimate of drug-likeness (QED) is 0.797. The van der Waals surface area contributed by atoms with Gasteiger partial charge in [-0.1, -0.05) is 13.8 Å². The highest BCUT2D eigenvalue weighted by Crippen LogP contribution is 2.26. The Kier molecular flexibility index (Phi) is 5.48. The molecular weight excluding hydrogens is 302 g/mol. The smallest absolute Gasteiger partial charge is 0.325 e. The number of carbonyl (C=O) groups excluding carboxylic acids is 2. The third kappa shape index (κ3) is 4.56. The largest absolute Gasteiger partial charge is 0.491 e. The standard InChI is InChI=1S/C15H17N3O3S/c1-10(2)9-21-13-4-3-11(8-19)7-12(13)17-14(20)18-15-16-5-6-22-15/h3-8,10H,9H2,1-2H3,(H2,16,17,18,20). The molecule has 0 radical (unpaired) electrons. The molecule has 22 heavy (non-hydrogen) atoms. The molecule has 1 aromatic carbocycles. The van der Waals surface area contributed by atoms with Crippen LogP contribution in [0.1, 0.15) is 24.2 Å². The Morgan fingerprint density at radius 1 is 1.41 bits per heavy atom. The van der Waals surface area contributed by atoms with Gasteiger partial charge in [-0.05, 0) is 24.1 Å². The highest BCUT2D eigenvalue weighted by molar-refractivity contribution is 7.13. The van der Waals surface area contributed by atoms with Crippen molar-refractivity contribution < 1.29 is 14.3 Å². The number of anilines is 2. The first-order valence-electron chi connectivity index (χ1n) is 6.78. The molecule has 1 aromatic heterocycles. The van der Waals surface area contributed by atoms with Gasteiger partial charge in [0.2, 0.25) is 0 Å². The predicted molar refractivity (Wildman–Crippen MR) is 86.9 cm³/mol. The van der Waals surface area contributed by atoms with Crippen LogP contribution >= 0.6 is 11.3 Å². The van der Waals surface area contributed by atoms with Crippen molar-refractivity contribution in [3.8, 4) is 5.75 Å². The SMILES string of the molecule is CC(C)COc1ccc(C=O)cc1NC(=O)Nc1nccs1. The summed E-state index contributed by atoms with van der Waals surface area (Å²) in [6.07, 6.45) is 2.32. The maximum atomic E-state index is 12.0. The molecule has 0 unspecified atom stereocenters. The molecule has 0 spiro atoms. The number of benzene rings is 1. The molecule has 2 aromatic rings. The van der Waals surface area contributed by atoms with Gasteiger partial charge in [0.1, 0.15) is 12.0 Å². The van der Waals surface area contributed by atoms with Crippen LogP contribution in [0.4, 0.5) is 15.6 Å². The zero-order chi connectivity index (χ0) is 15.9. The minimum Gasteiger partial charge on any atom is -0.491 e. The van der Waals surface area contributed by atoms with Crippen LogP contribution in [-0.2, 0) is 0 Å². The van der Waals surface area contributed by atoms with Crippen LogP contribution in [0, 0.1) is 5.92 Å². The Balaban J connectivity index is 2.12. The lowest BCUT2D eigenvalue weighted by Crippen LogP contribution is -2.20. The molecule has 0 saturated heterocycles. The van der Waals surface area contributed by atoms with Gasteiger partial charge < -0.3 is 10.1 Å². The van der Waals surface area contributed by atoms with Gasteiger partial charge in [-0.25, -0.2) is 9.78 Å². The first kappa shape index (κ1) is 16.0. The molecule has 0 aliphatic heterocycles. The number of amides is 2. The maximum absolute atomic E-state index is 12.0. The van der Waals surface area contributed by atoms with E-state index >= 15 is 0 Å². The topological polar surface area (TPSA) is 80.3 Å². The van der Waals surface area contributed by atoms with Crippen molar-refractivity contribution in [2.75, 3.05) is 17.2 Å². The minimum atomic E-state index is -0.438. The molecule has 2 N–H and O–H groups in total. The average molecular weight is 319 g/mol. The third-order valence-electron chi connectivity index (χ3n) is 2.61. The van der Waals surface area contributed by atoms with E-state index in [4.69, 9.17) is 4.74 Å². The Morgan fingerprint density at radius 2 is 2.23 bits per heavy atom. The highest BCUT2D eigenvalue weighted by atomic mass is 32.1. The van der Waals surface area contributed by atoms with Crippen molar-refractivity contribution in [1.29, 1.82) is 0 Å². The van der Waals surface area contributed by atoms with Crippen molar-refractivity contribution in [2.45, 2.75) is 13.8 Å². The number of thiazole rings is 1. The van der Waals surface area contributed by atoms with Crippen LogP contribution < -0.4 is 15.4 Å². The summed E-state index contributed by atoms with van der Waals surface area (Å²) in [6, 6.07) is 4.45. The molecule has 0 aliphatic carbocycles. The second-order valence-corrected chi connectivity index (χ2v) is 5.89. The molecule has 1 heterocycles. The third-order valence-corrected chi connectivity index (χ3v) is 3.30. The number of ether oxygens (including phenoxy) is 1. The van der Waals surface area contributed by atoms with Gasteiger partial charge >= 0.3 is 6.03 Å². The molecule has 6 nitrogen and oxygen atoms in total. The molecule has 0 aliphatic rings. The Morgan fingerprint density at radius 3 is 2.86 bits per heavy atom. The second kappa shape index (κ2) is 7.56. The molecule has 7 heteroatoms. The minimum absolute atomic E-state index is 0.350. The van der Waals surface area contributed by atoms with E-state index in [1.165, 1.54) is 11.3 Å². The van der Waals surface area contributed by atoms with E-state index in [-0.39, 0.29) is 0 Å². The normalized spacial score (nSPS) is 10.3. The number of hydrogen-bond acceptors (Lipinski definition) is 5. The van der Waals surface area contributed by atoms with Crippen LogP contribution in [0.15, 0.2) is 29.8 Å². The van der Waals surface area contributed by atoms with Gasteiger partial charge in [-0.15, -0.1) is 11.3 Å². The van der Waals surface area contributed by atoms with Crippen LogP contribution in [0.5, 0.6) is 5.75 Å². The van der Waals surface area contributed by atoms with Crippen molar-refractivity contribution >= 4 is 34.5 Å². The first-order chi connectivity index (χ1) is 10.6. The van der Waals surface area contributed by atoms with E-state index in [9.17, 15) is 9.59 Å². The summed E-state index contributed by atoms with van der Waals surface area (Å²) in [4.78, 5) is 26.8. The van der Waals surface area contributed by atoms with E-state index in [0.717, 1.165) is 6.29 Å². The lowest BCUT2D eigenvalue weighted by atomic mass is 10.2. The number of nitrogens with one attached hydrogen (secondary N) is 2. The van der Waals surface area contributed by atoms with Crippen molar-refractivity contribution in [3.05, 3.63) is 35.3 Å². The van der Waals surface area contributed by atoms with Crippen molar-refractivity contribution in [1.82, 2.24) is 4.98 Å². The molecule has 2 amide bonds. The van der Waals surface area contributed by atoms with E-state index in [1.807, 2.05) is 13.8 Å². The van der Waals surface area contributed by atoms with Crippen LogP contribution in [0.3, 0.4) is 0 Å². The number of rotatable bonds is 6. The van der Waals surface area contributed by atoms with Gasteiger partial charge in [-0.3, -0.25) is 10.1 Å². The number of carbonyl (C=O) groups is 2. The molecule has 116 valence electrons. The fraction of sp³-hybridized carbons (Fsp3) is 0.267. The Bertz CT molecular complexity index is 641. The van der Waals surface area contributed by atoms with Gasteiger partial charge in [0.05, 0.1) is 12.3 Å². The number of hydrogen-bond donors (Lipinski definition) is 2. The first-order valence-corrected chi connectivity index (χ1v) is 7.66. The lowest BCUT2D eigenvalue weighted by molar-refractivity contribution is 0.112. The summed E-state index contributed by atoms with van der Waals surface area (Å²) in [6.45, 7) is 4.58. The number of urea groups is 1. The van der Waals surface area contributed by atoms with E-state index in [1.54, 1.807) is 29.8 Å². The van der Waals surface area contributed by atoms with Crippen molar-refractivity contribution in [3.63, 3.8) is 0 Å². The number of aldehydes is 1. The van der Waals surface area contributed by atoms with Gasteiger partial charge in [0.25, 0.3) is 0 Å². The van der Waals surface area contributed by atoms with Crippen LogP contribution in [0.2, 0.25) is 0 Å². The van der Waals surface area contributed by atoms with E-state index in [2.05, 4.69) is 15.6 Å². The molecule has 2 rings (SSSR count). The summed E-state index contributed by atoms with van der Waals surface area (Å²) in [5.41, 5.74) is 0.903. The predicted octanol–water partition coefficient (Wildman–Crippen LogP) is 3.63. The van der Waals surface area contributed by atoms with Gasteiger partial charge in [0, 0.05) is 17.1 Å². The Hall–Kier alpha value is -2.41. The summed E-state index contributed by atoms with van der Waals surface area (Å²) >= 11 is 1.32. The summed E-state index contributed by atoms with van der Waals surface area (Å²) in [7, 11) is 0. The zero-order valence-electron chi connectivity index (χ0n) is 12.3. The molecule has 0 saturated carbocycles.